The first-order valence-electron chi connectivity index (χ1n) is 11.9. The van der Waals surface area contributed by atoms with E-state index in [2.05, 4.69) is 34.0 Å². The van der Waals surface area contributed by atoms with Crippen molar-refractivity contribution in [2.45, 2.75) is 57.5 Å². The van der Waals surface area contributed by atoms with Crippen molar-refractivity contribution in [3.63, 3.8) is 0 Å². The first-order valence-corrected chi connectivity index (χ1v) is 11.9. The first kappa shape index (κ1) is 22.8. The fourth-order valence-corrected chi connectivity index (χ4v) is 6.12. The predicted octanol–water partition coefficient (Wildman–Crippen LogP) is 5.30. The van der Waals surface area contributed by atoms with E-state index in [4.69, 9.17) is 9.40 Å². The van der Waals surface area contributed by atoms with Crippen LogP contribution in [0.2, 0.25) is 0 Å². The van der Waals surface area contributed by atoms with Gasteiger partial charge in [-0.1, -0.05) is 19.9 Å². The molecule has 184 valence electrons. The molecule has 6 rings (SSSR count). The van der Waals surface area contributed by atoms with Crippen LogP contribution in [0, 0.1) is 17.0 Å². The summed E-state index contributed by atoms with van der Waals surface area (Å²) in [6, 6.07) is 5.55. The van der Waals surface area contributed by atoms with E-state index in [1.165, 1.54) is 24.4 Å². The number of oxazole rings is 1. The largest absolute Gasteiger partial charge is 0.436 e. The molecule has 3 heterocycles. The van der Waals surface area contributed by atoms with Gasteiger partial charge in [0.2, 0.25) is 5.89 Å². The minimum atomic E-state index is -1.22. The number of fused-ring (bicyclic) bond motifs is 5. The zero-order valence-corrected chi connectivity index (χ0v) is 20.4. The highest BCUT2D eigenvalue weighted by atomic mass is 19.1. The molecule has 2 atom stereocenters. The molecule has 4 aromatic rings. The van der Waals surface area contributed by atoms with Crippen LogP contribution in [0.5, 0.6) is 0 Å². The van der Waals surface area contributed by atoms with Crippen LogP contribution in [-0.2, 0) is 11.0 Å². The maximum Gasteiger partial charge on any atom is 0.226 e. The molecule has 1 N–H and O–H groups in total. The van der Waals surface area contributed by atoms with Gasteiger partial charge in [0.15, 0.2) is 5.76 Å². The molecule has 0 radical (unpaired) electrons. The van der Waals surface area contributed by atoms with Crippen molar-refractivity contribution in [3.8, 4) is 22.7 Å². The molecule has 9 heteroatoms. The van der Waals surface area contributed by atoms with Gasteiger partial charge in [0, 0.05) is 6.20 Å². The lowest BCUT2D eigenvalue weighted by Crippen LogP contribution is -2.38. The molecule has 2 aliphatic rings. The monoisotopic (exact) mass is 489 g/mol. The Hall–Kier alpha value is -3.59. The zero-order chi connectivity index (χ0) is 25.5. The van der Waals surface area contributed by atoms with Crippen molar-refractivity contribution in [2.75, 3.05) is 0 Å². The highest BCUT2D eigenvalue weighted by Crippen LogP contribution is 2.69. The molecular weight excluding hydrogens is 464 g/mol. The van der Waals surface area contributed by atoms with Gasteiger partial charge in [-0.25, -0.2) is 18.7 Å². The Labute approximate surface area is 206 Å². The van der Waals surface area contributed by atoms with Crippen LogP contribution in [0.1, 0.15) is 69.3 Å². The van der Waals surface area contributed by atoms with Crippen LogP contribution < -0.4 is 0 Å². The molecule has 0 aliphatic heterocycles. The van der Waals surface area contributed by atoms with E-state index in [1.54, 1.807) is 32.3 Å². The zero-order valence-electron chi connectivity index (χ0n) is 20.4. The third kappa shape index (κ3) is 3.01. The van der Waals surface area contributed by atoms with E-state index >= 15 is 0 Å². The molecular formula is C27H25F2N5O2. The Balaban J connectivity index is 1.48. The lowest BCUT2D eigenvalue weighted by Gasteiger charge is -2.37. The van der Waals surface area contributed by atoms with E-state index in [0.29, 0.717) is 11.5 Å². The average Bonchev–Trinajstić information content (AvgIpc) is 3.48. The number of halogens is 2. The minimum absolute atomic E-state index is 0.120. The topological polar surface area (TPSA) is 97.8 Å². The summed E-state index contributed by atoms with van der Waals surface area (Å²) in [7, 11) is 0. The van der Waals surface area contributed by atoms with Gasteiger partial charge in [-0.3, -0.25) is 4.98 Å². The van der Waals surface area contributed by atoms with Crippen molar-refractivity contribution in [3.05, 3.63) is 77.3 Å². The van der Waals surface area contributed by atoms with Gasteiger partial charge in [-0.2, -0.15) is 5.10 Å². The van der Waals surface area contributed by atoms with Crippen LogP contribution in [0.25, 0.3) is 22.7 Å². The Kier molecular flexibility index (Phi) is 4.73. The van der Waals surface area contributed by atoms with Gasteiger partial charge in [0.05, 0.1) is 40.5 Å². The summed E-state index contributed by atoms with van der Waals surface area (Å²) >= 11 is 0. The molecule has 36 heavy (non-hydrogen) atoms. The standard InChI is InChI=1S/C27H25F2N5O2/c1-25(2)15-8-9-27(25,21-13-30-11-19(32-21)20-12-31-24(36-20)26(3,4)35)23-14(15)10-18(33-34-23)22-16(28)6-5-7-17(22)29/h5-7,10-13,15,35H,8-9H2,1-4H3/t15-,27-/m0/s1. The smallest absolute Gasteiger partial charge is 0.226 e. The molecule has 2 aliphatic carbocycles. The lowest BCUT2D eigenvalue weighted by molar-refractivity contribution is 0.0490. The number of aromatic nitrogens is 5. The molecule has 0 spiro atoms. The molecule has 3 aromatic heterocycles. The Morgan fingerprint density at radius 1 is 1.06 bits per heavy atom. The van der Waals surface area contributed by atoms with Gasteiger partial charge in [-0.05, 0) is 61.8 Å². The minimum Gasteiger partial charge on any atom is -0.436 e. The summed E-state index contributed by atoms with van der Waals surface area (Å²) < 4.78 is 34.8. The summed E-state index contributed by atoms with van der Waals surface area (Å²) in [5.41, 5.74) is 0.860. The summed E-state index contributed by atoms with van der Waals surface area (Å²) in [6.45, 7) is 7.54. The summed E-state index contributed by atoms with van der Waals surface area (Å²) in [5.74, 6) is -0.627. The molecule has 1 aromatic carbocycles. The molecule has 0 unspecified atom stereocenters. The predicted molar refractivity (Wildman–Crippen MR) is 127 cm³/mol. The molecule has 0 amide bonds. The van der Waals surface area contributed by atoms with Gasteiger partial charge in [0.1, 0.15) is 22.9 Å². The van der Waals surface area contributed by atoms with Crippen molar-refractivity contribution < 1.29 is 18.3 Å². The number of rotatable bonds is 4. The second-order valence-corrected chi connectivity index (χ2v) is 10.7. The van der Waals surface area contributed by atoms with E-state index < -0.39 is 22.7 Å². The summed E-state index contributed by atoms with van der Waals surface area (Å²) in [4.78, 5) is 13.6. The lowest BCUT2D eigenvalue weighted by atomic mass is 9.66. The SMILES string of the molecule is CC(C)(O)c1ncc(-c2cncc([C@@]34CC[C@@H](c5cc(-c6c(F)cccc6F)nnc53)C4(C)C)n2)o1. The Bertz CT molecular complexity index is 1490. The molecule has 0 saturated heterocycles. The van der Waals surface area contributed by atoms with Gasteiger partial charge in [0.25, 0.3) is 0 Å². The second-order valence-electron chi connectivity index (χ2n) is 10.7. The van der Waals surface area contributed by atoms with E-state index in [1.807, 2.05) is 0 Å². The molecule has 1 saturated carbocycles. The maximum absolute atomic E-state index is 14.5. The van der Waals surface area contributed by atoms with E-state index in [-0.39, 0.29) is 28.5 Å². The first-order chi connectivity index (χ1) is 17.0. The third-order valence-corrected chi connectivity index (χ3v) is 7.95. The van der Waals surface area contributed by atoms with Crippen LogP contribution >= 0.6 is 0 Å². The van der Waals surface area contributed by atoms with Crippen LogP contribution in [0.15, 0.2) is 47.3 Å². The average molecular weight is 490 g/mol. The molecule has 7 nitrogen and oxygen atoms in total. The highest BCUT2D eigenvalue weighted by Gasteiger charge is 2.65. The summed E-state index contributed by atoms with van der Waals surface area (Å²) in [6.07, 6.45) is 6.53. The van der Waals surface area contributed by atoms with Crippen molar-refractivity contribution in [1.29, 1.82) is 0 Å². The Morgan fingerprint density at radius 2 is 1.81 bits per heavy atom. The molecule has 2 bridgehead atoms. The number of benzene rings is 1. The third-order valence-electron chi connectivity index (χ3n) is 7.95. The number of nitrogens with zero attached hydrogens (tertiary/aromatic N) is 5. The maximum atomic E-state index is 14.5. The quantitative estimate of drug-likeness (QED) is 0.416. The molecule has 1 fully saturated rings. The van der Waals surface area contributed by atoms with Crippen molar-refractivity contribution in [1.82, 2.24) is 25.1 Å². The number of aliphatic hydroxyl groups is 1. The fraction of sp³-hybridized carbons (Fsp3) is 0.370. The van der Waals surface area contributed by atoms with Crippen LogP contribution in [0.3, 0.4) is 0 Å². The van der Waals surface area contributed by atoms with E-state index in [0.717, 1.165) is 29.8 Å². The number of hydrogen-bond acceptors (Lipinski definition) is 7. The fourth-order valence-electron chi connectivity index (χ4n) is 6.12. The van der Waals surface area contributed by atoms with Gasteiger partial charge >= 0.3 is 0 Å². The normalized spacial score (nSPS) is 22.1. The second kappa shape index (κ2) is 7.46. The van der Waals surface area contributed by atoms with E-state index in [9.17, 15) is 13.9 Å². The van der Waals surface area contributed by atoms with Crippen molar-refractivity contribution in [2.24, 2.45) is 5.41 Å². The number of hydrogen-bond donors (Lipinski definition) is 1. The van der Waals surface area contributed by atoms with Gasteiger partial charge < -0.3 is 9.52 Å². The van der Waals surface area contributed by atoms with Gasteiger partial charge in [-0.15, -0.1) is 5.10 Å². The highest BCUT2D eigenvalue weighted by molar-refractivity contribution is 5.64. The van der Waals surface area contributed by atoms with Crippen LogP contribution in [0.4, 0.5) is 8.78 Å². The Morgan fingerprint density at radius 3 is 2.50 bits per heavy atom. The van der Waals surface area contributed by atoms with Crippen LogP contribution in [-0.4, -0.2) is 30.3 Å². The van der Waals surface area contributed by atoms with Crippen molar-refractivity contribution >= 4 is 0 Å². The summed E-state index contributed by atoms with van der Waals surface area (Å²) in [5, 5.41) is 19.1.